The van der Waals surface area contributed by atoms with Crippen LogP contribution in [0.3, 0.4) is 0 Å². The zero-order valence-corrected chi connectivity index (χ0v) is 17.5. The van der Waals surface area contributed by atoms with Gasteiger partial charge in [-0.3, -0.25) is 9.59 Å². The number of nitrogens with one attached hydrogen (secondary N) is 1. The van der Waals surface area contributed by atoms with Crippen molar-refractivity contribution in [2.24, 2.45) is 0 Å². The van der Waals surface area contributed by atoms with Crippen LogP contribution >= 0.6 is 15.9 Å². The van der Waals surface area contributed by atoms with Crippen molar-refractivity contribution in [1.29, 1.82) is 0 Å². The number of anilines is 2. The number of carbonyl (C=O) groups is 2. The Labute approximate surface area is 178 Å². The Morgan fingerprint density at radius 2 is 1.77 bits per heavy atom. The number of nitrogens with zero attached hydrogens (tertiary/aromatic N) is 1. The molecule has 9 heteroatoms. The van der Waals surface area contributed by atoms with E-state index >= 15 is 0 Å². The molecule has 0 unspecified atom stereocenters. The third-order valence-electron chi connectivity index (χ3n) is 4.40. The highest BCUT2D eigenvalue weighted by Gasteiger charge is 2.32. The highest BCUT2D eigenvalue weighted by molar-refractivity contribution is 9.10. The van der Waals surface area contributed by atoms with Gasteiger partial charge in [-0.1, -0.05) is 18.2 Å². The maximum absolute atomic E-state index is 13.1. The fourth-order valence-electron chi connectivity index (χ4n) is 2.87. The van der Waals surface area contributed by atoms with Crippen LogP contribution in [0.1, 0.15) is 32.0 Å². The van der Waals surface area contributed by atoms with E-state index in [1.807, 2.05) is 0 Å². The lowest BCUT2D eigenvalue weighted by atomic mass is 10.1. The molecule has 0 aliphatic rings. The Balaban J connectivity index is 1.89. The highest BCUT2D eigenvalue weighted by atomic mass is 79.9. The quantitative estimate of drug-likeness (QED) is 0.505. The van der Waals surface area contributed by atoms with Gasteiger partial charge in [0.15, 0.2) is 10.4 Å². The van der Waals surface area contributed by atoms with Crippen molar-refractivity contribution in [2.75, 3.05) is 17.3 Å². The van der Waals surface area contributed by atoms with Crippen LogP contribution in [0.4, 0.5) is 24.5 Å². The first-order valence-corrected chi connectivity index (χ1v) is 9.49. The van der Waals surface area contributed by atoms with Crippen molar-refractivity contribution in [2.45, 2.75) is 13.1 Å². The van der Waals surface area contributed by atoms with Crippen LogP contribution in [0.2, 0.25) is 0 Å². The van der Waals surface area contributed by atoms with Gasteiger partial charge in [0.25, 0.3) is 11.8 Å². The minimum Gasteiger partial charge on any atom is -0.444 e. The zero-order valence-electron chi connectivity index (χ0n) is 15.9. The van der Waals surface area contributed by atoms with E-state index < -0.39 is 23.6 Å². The predicted octanol–water partition coefficient (Wildman–Crippen LogP) is 5.90. The summed E-state index contributed by atoms with van der Waals surface area (Å²) in [6.45, 7) is 1.34. The second-order valence-corrected chi connectivity index (χ2v) is 7.25. The summed E-state index contributed by atoms with van der Waals surface area (Å²) in [5.74, 6) is -1.08. The molecule has 0 saturated carbocycles. The molecule has 0 spiro atoms. The Bertz CT molecular complexity index is 1110. The van der Waals surface area contributed by atoms with Crippen molar-refractivity contribution in [3.63, 3.8) is 0 Å². The van der Waals surface area contributed by atoms with Gasteiger partial charge in [-0.15, -0.1) is 0 Å². The van der Waals surface area contributed by atoms with Gasteiger partial charge in [0.1, 0.15) is 0 Å². The number of amides is 2. The number of carbonyl (C=O) groups excluding carboxylic acids is 2. The first-order valence-electron chi connectivity index (χ1n) is 8.69. The number of benzene rings is 2. The van der Waals surface area contributed by atoms with Crippen LogP contribution in [0, 0.1) is 6.92 Å². The maximum atomic E-state index is 13.1. The average molecular weight is 481 g/mol. The molecule has 156 valence electrons. The third-order valence-corrected chi connectivity index (χ3v) is 4.83. The highest BCUT2D eigenvalue weighted by Crippen LogP contribution is 2.33. The van der Waals surface area contributed by atoms with Gasteiger partial charge < -0.3 is 14.6 Å². The molecule has 2 amide bonds. The monoisotopic (exact) mass is 480 g/mol. The predicted molar refractivity (Wildman–Crippen MR) is 110 cm³/mol. The van der Waals surface area contributed by atoms with E-state index in [0.717, 1.165) is 6.07 Å². The van der Waals surface area contributed by atoms with Crippen LogP contribution in [0.15, 0.2) is 63.7 Å². The van der Waals surface area contributed by atoms with Gasteiger partial charge in [0.2, 0.25) is 0 Å². The van der Waals surface area contributed by atoms with Crippen LogP contribution < -0.4 is 10.2 Å². The van der Waals surface area contributed by atoms with Gasteiger partial charge in [0.05, 0.1) is 16.8 Å². The van der Waals surface area contributed by atoms with E-state index in [1.54, 1.807) is 24.3 Å². The number of rotatable bonds is 4. The Kier molecular flexibility index (Phi) is 6.02. The van der Waals surface area contributed by atoms with E-state index in [4.69, 9.17) is 4.42 Å². The first kappa shape index (κ1) is 21.6. The van der Waals surface area contributed by atoms with Crippen LogP contribution in [-0.2, 0) is 6.18 Å². The molecule has 5 nitrogen and oxygen atoms in total. The van der Waals surface area contributed by atoms with Gasteiger partial charge in [-0.05, 0) is 64.8 Å². The fraction of sp³-hybridized carbons (Fsp3) is 0.143. The third kappa shape index (κ3) is 4.56. The number of para-hydroxylation sites is 1. The average Bonchev–Trinajstić information content (AvgIpc) is 3.13. The molecule has 1 heterocycles. The molecule has 0 fully saturated rings. The van der Waals surface area contributed by atoms with Gasteiger partial charge in [-0.2, -0.15) is 13.2 Å². The molecule has 3 rings (SSSR count). The van der Waals surface area contributed by atoms with Crippen LogP contribution in [0.5, 0.6) is 0 Å². The Morgan fingerprint density at radius 3 is 2.40 bits per heavy atom. The standard InChI is InChI=1S/C21H16BrF3N2O3/c1-12-7-8-13(11-15(12)21(23,24)25)26-19(28)14-5-3-4-6-16(14)27(2)20(29)17-9-10-18(22)30-17/h3-11H,1-2H3,(H,26,28). The smallest absolute Gasteiger partial charge is 0.416 e. The van der Waals surface area contributed by atoms with Crippen LogP contribution in [-0.4, -0.2) is 18.9 Å². The molecular formula is C21H16BrF3N2O3. The molecule has 2 aromatic carbocycles. The molecule has 0 bridgehead atoms. The zero-order chi connectivity index (χ0) is 22.1. The van der Waals surface area contributed by atoms with E-state index in [1.165, 1.54) is 43.1 Å². The lowest BCUT2D eigenvalue weighted by Gasteiger charge is -2.19. The Morgan fingerprint density at radius 1 is 1.07 bits per heavy atom. The van der Waals surface area contributed by atoms with Crippen molar-refractivity contribution in [3.05, 3.63) is 81.7 Å². The maximum Gasteiger partial charge on any atom is 0.416 e. The lowest BCUT2D eigenvalue weighted by Crippen LogP contribution is -2.28. The van der Waals surface area contributed by atoms with Crippen molar-refractivity contribution < 1.29 is 27.2 Å². The number of aryl methyl sites for hydroxylation is 1. The normalized spacial score (nSPS) is 11.3. The number of furan rings is 1. The molecule has 0 atom stereocenters. The summed E-state index contributed by atoms with van der Waals surface area (Å²) < 4.78 is 45.1. The fourth-order valence-corrected chi connectivity index (χ4v) is 3.17. The molecule has 30 heavy (non-hydrogen) atoms. The number of alkyl halides is 3. The molecule has 0 saturated heterocycles. The topological polar surface area (TPSA) is 62.6 Å². The van der Waals surface area contributed by atoms with Gasteiger partial charge >= 0.3 is 6.18 Å². The second kappa shape index (κ2) is 8.35. The SMILES string of the molecule is Cc1ccc(NC(=O)c2ccccc2N(C)C(=O)c2ccc(Br)o2)cc1C(F)(F)F. The first-order chi connectivity index (χ1) is 14.1. The second-order valence-electron chi connectivity index (χ2n) is 6.47. The molecule has 1 N–H and O–H groups in total. The van der Waals surface area contributed by atoms with Crippen LogP contribution in [0.25, 0.3) is 0 Å². The molecule has 0 aliphatic carbocycles. The summed E-state index contributed by atoms with van der Waals surface area (Å²) in [6, 6.07) is 12.9. The lowest BCUT2D eigenvalue weighted by molar-refractivity contribution is -0.138. The summed E-state index contributed by atoms with van der Waals surface area (Å²) in [4.78, 5) is 26.7. The molecular weight excluding hydrogens is 465 g/mol. The minimum atomic E-state index is -4.54. The van der Waals surface area contributed by atoms with Gasteiger partial charge in [-0.25, -0.2) is 0 Å². The largest absolute Gasteiger partial charge is 0.444 e. The van der Waals surface area contributed by atoms with Crippen molar-refractivity contribution in [3.8, 4) is 0 Å². The van der Waals surface area contributed by atoms with Gasteiger partial charge in [0, 0.05) is 12.7 Å². The molecule has 1 aromatic heterocycles. The molecule has 3 aromatic rings. The number of hydrogen-bond donors (Lipinski definition) is 1. The summed E-state index contributed by atoms with van der Waals surface area (Å²) in [7, 11) is 1.47. The molecule has 0 radical (unpaired) electrons. The van der Waals surface area contributed by atoms with Crippen molar-refractivity contribution in [1.82, 2.24) is 0 Å². The Hall–Kier alpha value is -3.07. The van der Waals surface area contributed by atoms with E-state index in [0.29, 0.717) is 4.67 Å². The van der Waals surface area contributed by atoms with E-state index in [9.17, 15) is 22.8 Å². The summed E-state index contributed by atoms with van der Waals surface area (Å²) in [5.41, 5.74) is -0.388. The number of hydrogen-bond acceptors (Lipinski definition) is 3. The van der Waals surface area contributed by atoms with E-state index in [-0.39, 0.29) is 28.3 Å². The molecule has 0 aliphatic heterocycles. The number of halogens is 4. The van der Waals surface area contributed by atoms with Crippen molar-refractivity contribution >= 4 is 39.1 Å². The van der Waals surface area contributed by atoms with E-state index in [2.05, 4.69) is 21.2 Å². The minimum absolute atomic E-state index is 0.00308. The summed E-state index contributed by atoms with van der Waals surface area (Å²) >= 11 is 3.12. The summed E-state index contributed by atoms with van der Waals surface area (Å²) in [5, 5.41) is 2.47. The summed E-state index contributed by atoms with van der Waals surface area (Å²) in [6.07, 6.45) is -4.54.